The van der Waals surface area contributed by atoms with Crippen LogP contribution in [0.3, 0.4) is 0 Å². The van der Waals surface area contributed by atoms with Crippen LogP contribution in [-0.4, -0.2) is 29.1 Å². The van der Waals surface area contributed by atoms with Crippen LogP contribution in [0.2, 0.25) is 0 Å². The number of allylic oxidation sites excluding steroid dienone is 1. The molecule has 7 heteroatoms. The van der Waals surface area contributed by atoms with Crippen LogP contribution in [0.15, 0.2) is 75.9 Å². The smallest absolute Gasteiger partial charge is 0.338 e. The second kappa shape index (κ2) is 10.5. The molecule has 0 spiro atoms. The Morgan fingerprint density at radius 3 is 2.60 bits per heavy atom. The molecule has 2 aromatic carbocycles. The van der Waals surface area contributed by atoms with Gasteiger partial charge in [0.15, 0.2) is 5.17 Å². The fraction of sp³-hybridized carbons (Fsp3) is 0.321. The average Bonchev–Trinajstić information content (AvgIpc) is 3.26. The van der Waals surface area contributed by atoms with Crippen LogP contribution >= 0.6 is 11.8 Å². The van der Waals surface area contributed by atoms with Crippen molar-refractivity contribution in [1.29, 1.82) is 0 Å². The van der Waals surface area contributed by atoms with E-state index in [1.807, 2.05) is 68.3 Å². The van der Waals surface area contributed by atoms with Crippen LogP contribution in [0.5, 0.6) is 0 Å². The Kier molecular flexibility index (Phi) is 7.45. The van der Waals surface area contributed by atoms with Crippen molar-refractivity contribution in [3.63, 3.8) is 0 Å². The zero-order chi connectivity index (χ0) is 25.1. The van der Waals surface area contributed by atoms with Crippen LogP contribution in [-0.2, 0) is 14.3 Å². The molecule has 2 atom stereocenters. The molecule has 2 aromatic rings. The van der Waals surface area contributed by atoms with Gasteiger partial charge in [-0.1, -0.05) is 72.8 Å². The SMILES string of the molecule is CCC1=C(C(=O)OC)[C@@H](c2cc(C)ccc2C)N2C(CC(=O)N[C@@H](C)c3ccccc3)=CSC2=N1. The third-order valence-corrected chi connectivity index (χ3v) is 7.27. The van der Waals surface area contributed by atoms with Crippen LogP contribution in [0, 0.1) is 13.8 Å². The predicted octanol–water partition coefficient (Wildman–Crippen LogP) is 5.71. The molecule has 2 aliphatic heterocycles. The lowest BCUT2D eigenvalue weighted by Gasteiger charge is -2.37. The number of aryl methyl sites for hydroxylation is 2. The number of methoxy groups -OCH3 is 1. The van der Waals surface area contributed by atoms with Crippen molar-refractivity contribution in [1.82, 2.24) is 10.2 Å². The van der Waals surface area contributed by atoms with Gasteiger partial charge in [0.2, 0.25) is 5.91 Å². The minimum absolute atomic E-state index is 0.0842. The largest absolute Gasteiger partial charge is 0.466 e. The fourth-order valence-corrected chi connectivity index (χ4v) is 5.48. The van der Waals surface area contributed by atoms with Crippen molar-refractivity contribution < 1.29 is 14.3 Å². The minimum atomic E-state index is -0.412. The first-order valence-corrected chi connectivity index (χ1v) is 12.7. The van der Waals surface area contributed by atoms with Gasteiger partial charge in [-0.3, -0.25) is 4.79 Å². The Labute approximate surface area is 211 Å². The van der Waals surface area contributed by atoms with E-state index in [-0.39, 0.29) is 18.4 Å². The van der Waals surface area contributed by atoms with Gasteiger partial charge in [-0.15, -0.1) is 0 Å². The third-order valence-electron chi connectivity index (χ3n) is 6.38. The molecule has 0 aliphatic carbocycles. The number of fused-ring (bicyclic) bond motifs is 1. The molecule has 0 unspecified atom stereocenters. The van der Waals surface area contributed by atoms with Gasteiger partial charge in [0.1, 0.15) is 0 Å². The number of hydrogen-bond donors (Lipinski definition) is 1. The maximum atomic E-state index is 13.1. The summed E-state index contributed by atoms with van der Waals surface area (Å²) < 4.78 is 5.21. The van der Waals surface area contributed by atoms with Crippen LogP contribution in [0.1, 0.15) is 61.0 Å². The molecule has 2 heterocycles. The quantitative estimate of drug-likeness (QED) is 0.505. The summed E-state index contributed by atoms with van der Waals surface area (Å²) in [6.07, 6.45) is 0.786. The Morgan fingerprint density at radius 2 is 1.91 bits per heavy atom. The van der Waals surface area contributed by atoms with Crippen molar-refractivity contribution in [2.45, 2.75) is 52.6 Å². The van der Waals surface area contributed by atoms with Gasteiger partial charge in [0, 0.05) is 5.70 Å². The van der Waals surface area contributed by atoms with Gasteiger partial charge in [0.05, 0.1) is 36.9 Å². The number of rotatable bonds is 7. The molecular formula is C28H31N3O3S. The van der Waals surface area contributed by atoms with Crippen molar-refractivity contribution in [2.24, 2.45) is 4.99 Å². The number of thioether (sulfide) groups is 1. The number of hydrogen-bond acceptors (Lipinski definition) is 6. The van der Waals surface area contributed by atoms with Gasteiger partial charge in [-0.2, -0.15) is 0 Å². The van der Waals surface area contributed by atoms with E-state index in [2.05, 4.69) is 23.5 Å². The molecule has 0 radical (unpaired) electrons. The molecule has 0 saturated carbocycles. The summed E-state index contributed by atoms with van der Waals surface area (Å²) >= 11 is 1.49. The van der Waals surface area contributed by atoms with E-state index in [1.165, 1.54) is 18.9 Å². The first-order chi connectivity index (χ1) is 16.8. The number of esters is 1. The van der Waals surface area contributed by atoms with Gasteiger partial charge < -0.3 is 15.0 Å². The van der Waals surface area contributed by atoms with E-state index in [9.17, 15) is 9.59 Å². The third kappa shape index (κ3) is 5.05. The Bertz CT molecular complexity index is 1230. The van der Waals surface area contributed by atoms with Crippen molar-refractivity contribution in [2.75, 3.05) is 7.11 Å². The van der Waals surface area contributed by atoms with E-state index in [0.717, 1.165) is 38.8 Å². The molecule has 6 nitrogen and oxygen atoms in total. The molecular weight excluding hydrogens is 458 g/mol. The highest BCUT2D eigenvalue weighted by Crippen LogP contribution is 2.46. The topological polar surface area (TPSA) is 71.0 Å². The van der Waals surface area contributed by atoms with Gasteiger partial charge in [0.25, 0.3) is 0 Å². The molecule has 1 amide bonds. The Balaban J connectivity index is 1.68. The molecule has 4 rings (SSSR count). The van der Waals surface area contributed by atoms with E-state index >= 15 is 0 Å². The number of nitrogens with one attached hydrogen (secondary N) is 1. The van der Waals surface area contributed by atoms with Gasteiger partial charge >= 0.3 is 5.97 Å². The maximum Gasteiger partial charge on any atom is 0.338 e. The standard InChI is InChI=1S/C28H31N3O3S/c1-6-23-25(27(33)34-5)26(22-14-17(2)12-13-18(22)3)31-21(16-35-28(31)30-23)15-24(32)29-19(4)20-10-8-7-9-11-20/h7-14,16,19,26H,6,15H2,1-5H3,(H,29,32)/t19-,26+/m0/s1. The molecule has 0 saturated heterocycles. The lowest BCUT2D eigenvalue weighted by atomic mass is 9.89. The highest BCUT2D eigenvalue weighted by Gasteiger charge is 2.42. The lowest BCUT2D eigenvalue weighted by molar-refractivity contribution is -0.136. The van der Waals surface area contributed by atoms with Crippen molar-refractivity contribution in [3.8, 4) is 0 Å². The monoisotopic (exact) mass is 489 g/mol. The predicted molar refractivity (Wildman–Crippen MR) is 141 cm³/mol. The minimum Gasteiger partial charge on any atom is -0.466 e. The van der Waals surface area contributed by atoms with Gasteiger partial charge in [-0.05, 0) is 49.3 Å². The summed E-state index contributed by atoms with van der Waals surface area (Å²) in [6.45, 7) is 8.05. The Hall–Kier alpha value is -3.32. The van der Waals surface area contributed by atoms with E-state index in [4.69, 9.17) is 9.73 Å². The molecule has 1 N–H and O–H groups in total. The summed E-state index contributed by atoms with van der Waals surface area (Å²) in [5.74, 6) is -0.479. The van der Waals surface area contributed by atoms with Crippen molar-refractivity contribution >= 4 is 28.8 Å². The molecule has 0 bridgehead atoms. The zero-order valence-corrected chi connectivity index (χ0v) is 21.6. The zero-order valence-electron chi connectivity index (χ0n) is 20.8. The first kappa shape index (κ1) is 24.8. The van der Waals surface area contributed by atoms with E-state index < -0.39 is 12.0 Å². The van der Waals surface area contributed by atoms with Crippen LogP contribution in [0.4, 0.5) is 0 Å². The highest BCUT2D eigenvalue weighted by molar-refractivity contribution is 8.16. The normalized spacial score (nSPS) is 18.0. The summed E-state index contributed by atoms with van der Waals surface area (Å²) in [7, 11) is 1.40. The molecule has 0 aromatic heterocycles. The highest BCUT2D eigenvalue weighted by atomic mass is 32.2. The number of aliphatic imine (C=N–C) groups is 1. The fourth-order valence-electron chi connectivity index (χ4n) is 4.54. The second-order valence-corrected chi connectivity index (χ2v) is 9.67. The summed E-state index contributed by atoms with van der Waals surface area (Å²) in [5.41, 5.74) is 6.29. The van der Waals surface area contributed by atoms with Crippen LogP contribution in [0.25, 0.3) is 0 Å². The number of carbonyl (C=O) groups is 2. The number of nitrogens with zero attached hydrogens (tertiary/aromatic N) is 2. The number of amides is 1. The Morgan fingerprint density at radius 1 is 1.17 bits per heavy atom. The number of benzene rings is 2. The molecule has 182 valence electrons. The molecule has 0 fully saturated rings. The van der Waals surface area contributed by atoms with Gasteiger partial charge in [-0.25, -0.2) is 9.79 Å². The van der Waals surface area contributed by atoms with E-state index in [0.29, 0.717) is 12.0 Å². The molecule has 2 aliphatic rings. The number of carbonyl (C=O) groups excluding carboxylic acids is 2. The van der Waals surface area contributed by atoms with E-state index in [1.54, 1.807) is 0 Å². The molecule has 35 heavy (non-hydrogen) atoms. The average molecular weight is 490 g/mol. The summed E-state index contributed by atoms with van der Waals surface area (Å²) in [5, 5.41) is 5.85. The summed E-state index contributed by atoms with van der Waals surface area (Å²) in [6, 6.07) is 15.6. The number of ether oxygens (including phenoxy) is 1. The number of amidine groups is 1. The van der Waals surface area contributed by atoms with Crippen LogP contribution < -0.4 is 5.32 Å². The summed E-state index contributed by atoms with van der Waals surface area (Å²) in [4.78, 5) is 33.0. The lowest BCUT2D eigenvalue weighted by Crippen LogP contribution is -2.38. The van der Waals surface area contributed by atoms with Crippen molar-refractivity contribution in [3.05, 3.63) is 93.2 Å². The maximum absolute atomic E-state index is 13.1. The first-order valence-electron chi connectivity index (χ1n) is 11.8. The second-order valence-electron chi connectivity index (χ2n) is 8.84.